The van der Waals surface area contributed by atoms with E-state index >= 15 is 4.39 Å². The van der Waals surface area contributed by atoms with Gasteiger partial charge in [0, 0.05) is 48.1 Å². The first-order valence-corrected chi connectivity index (χ1v) is 14.4. The van der Waals surface area contributed by atoms with Crippen LogP contribution in [0.25, 0.3) is 32.8 Å². The second-order valence-electron chi connectivity index (χ2n) is 12.1. The Morgan fingerprint density at radius 3 is 2.58 bits per heavy atom. The van der Waals surface area contributed by atoms with Gasteiger partial charge in [-0.1, -0.05) is 35.9 Å². The van der Waals surface area contributed by atoms with Crippen LogP contribution in [0.3, 0.4) is 0 Å². The molecule has 1 aromatic heterocycles. The van der Waals surface area contributed by atoms with Crippen LogP contribution < -0.4 is 15.0 Å². The predicted octanol–water partition coefficient (Wildman–Crippen LogP) is 5.61. The SMILES string of the molecule is CN(C)CC1(COc2nc(N3C[C@H]4CC[C@@H](C3)N4)c3cc(Cl)c(-c4cc(O)cc5ccccc45)c(F)c3n2)CC1. The van der Waals surface area contributed by atoms with Gasteiger partial charge in [-0.2, -0.15) is 9.97 Å². The van der Waals surface area contributed by atoms with Gasteiger partial charge in [0.05, 0.1) is 11.6 Å². The van der Waals surface area contributed by atoms with Gasteiger partial charge in [0.25, 0.3) is 0 Å². The zero-order chi connectivity index (χ0) is 27.6. The molecule has 0 radical (unpaired) electrons. The molecule has 9 heteroatoms. The van der Waals surface area contributed by atoms with E-state index in [1.54, 1.807) is 18.2 Å². The zero-order valence-electron chi connectivity index (χ0n) is 22.8. The molecule has 2 N–H and O–H groups in total. The van der Waals surface area contributed by atoms with Crippen molar-refractivity contribution in [2.45, 2.75) is 37.8 Å². The highest BCUT2D eigenvalue weighted by atomic mass is 35.5. The van der Waals surface area contributed by atoms with Crippen LogP contribution in [-0.4, -0.2) is 72.4 Å². The molecule has 208 valence electrons. The van der Waals surface area contributed by atoms with E-state index < -0.39 is 5.82 Å². The van der Waals surface area contributed by atoms with Gasteiger partial charge in [0.2, 0.25) is 0 Å². The van der Waals surface area contributed by atoms with Crippen LogP contribution in [0.15, 0.2) is 42.5 Å². The molecule has 0 spiro atoms. The van der Waals surface area contributed by atoms with Gasteiger partial charge in [0.1, 0.15) is 17.1 Å². The maximum atomic E-state index is 16.7. The summed E-state index contributed by atoms with van der Waals surface area (Å²) in [5, 5.41) is 16.5. The van der Waals surface area contributed by atoms with E-state index in [1.165, 1.54) is 0 Å². The number of nitrogens with one attached hydrogen (secondary N) is 1. The lowest BCUT2D eigenvalue weighted by molar-refractivity contribution is 0.183. The van der Waals surface area contributed by atoms with E-state index in [4.69, 9.17) is 21.3 Å². The first-order valence-electron chi connectivity index (χ1n) is 14.0. The van der Waals surface area contributed by atoms with Crippen molar-refractivity contribution >= 4 is 39.1 Å². The van der Waals surface area contributed by atoms with Crippen molar-refractivity contribution in [1.29, 1.82) is 0 Å². The van der Waals surface area contributed by atoms with E-state index in [9.17, 15) is 5.11 Å². The number of anilines is 1. The normalized spacial score (nSPS) is 21.5. The highest BCUT2D eigenvalue weighted by Gasteiger charge is 2.44. The standard InChI is InChI=1S/C31H33ClFN5O2/c1-37(2)16-31(9-10-31)17-40-30-35-28-24(29(36-30)38-14-19-7-8-20(15-38)34-19)13-25(32)26(27(28)33)23-12-21(39)11-18-5-3-4-6-22(18)23/h3-6,11-13,19-20,34,39H,7-10,14-17H2,1-2H3/t19-,20+. The van der Waals surface area contributed by atoms with E-state index in [-0.39, 0.29) is 33.3 Å². The molecule has 0 unspecified atom stereocenters. The molecule has 2 saturated heterocycles. The van der Waals surface area contributed by atoms with E-state index in [0.29, 0.717) is 35.5 Å². The number of benzene rings is 3. The number of halogens is 2. The summed E-state index contributed by atoms with van der Waals surface area (Å²) in [7, 11) is 4.13. The number of hydrogen-bond acceptors (Lipinski definition) is 7. The minimum Gasteiger partial charge on any atom is -0.508 e. The highest BCUT2D eigenvalue weighted by Crippen LogP contribution is 2.47. The second kappa shape index (κ2) is 9.72. The van der Waals surface area contributed by atoms with Gasteiger partial charge in [-0.15, -0.1) is 0 Å². The number of rotatable bonds is 7. The van der Waals surface area contributed by atoms with Crippen molar-refractivity contribution in [3.8, 4) is 22.9 Å². The van der Waals surface area contributed by atoms with E-state index in [1.807, 2.05) is 24.3 Å². The Bertz CT molecular complexity index is 1610. The van der Waals surface area contributed by atoms with Crippen LogP contribution in [0, 0.1) is 11.2 Å². The van der Waals surface area contributed by atoms with Crippen molar-refractivity contribution in [2.75, 3.05) is 45.2 Å². The average Bonchev–Trinajstić information content (AvgIpc) is 3.60. The summed E-state index contributed by atoms with van der Waals surface area (Å²) in [6.45, 7) is 2.98. The van der Waals surface area contributed by atoms with Gasteiger partial charge in [-0.3, -0.25) is 0 Å². The summed E-state index contributed by atoms with van der Waals surface area (Å²) < 4.78 is 22.9. The molecule has 2 aliphatic heterocycles. The molecule has 3 heterocycles. The number of aromatic hydroxyl groups is 1. The topological polar surface area (TPSA) is 73.8 Å². The molecule has 3 aliphatic rings. The number of fused-ring (bicyclic) bond motifs is 4. The van der Waals surface area contributed by atoms with Gasteiger partial charge in [-0.05, 0) is 74.3 Å². The first kappa shape index (κ1) is 25.7. The molecule has 4 aromatic rings. The number of hydrogen-bond donors (Lipinski definition) is 2. The molecule has 1 aliphatic carbocycles. The predicted molar refractivity (Wildman–Crippen MR) is 157 cm³/mol. The quantitative estimate of drug-likeness (QED) is 0.304. The number of phenolic OH excluding ortho intramolecular Hbond substituents is 1. The molecular formula is C31H33ClFN5O2. The highest BCUT2D eigenvalue weighted by molar-refractivity contribution is 6.35. The Morgan fingerprint density at radius 2 is 1.85 bits per heavy atom. The molecule has 2 bridgehead atoms. The third kappa shape index (κ3) is 4.62. The lowest BCUT2D eigenvalue weighted by Gasteiger charge is -2.34. The van der Waals surface area contributed by atoms with Crippen molar-refractivity contribution in [2.24, 2.45) is 5.41 Å². The van der Waals surface area contributed by atoms with Crippen LogP contribution >= 0.6 is 11.6 Å². The summed E-state index contributed by atoms with van der Waals surface area (Å²) in [4.78, 5) is 13.9. The Labute approximate surface area is 237 Å². The van der Waals surface area contributed by atoms with Crippen LogP contribution in [0.1, 0.15) is 25.7 Å². The van der Waals surface area contributed by atoms with Crippen LogP contribution in [-0.2, 0) is 0 Å². The average molecular weight is 562 g/mol. The Hall–Kier alpha value is -3.20. The minimum atomic E-state index is -0.542. The fourth-order valence-electron chi connectivity index (χ4n) is 6.60. The molecule has 7 nitrogen and oxygen atoms in total. The summed E-state index contributed by atoms with van der Waals surface area (Å²) in [6.07, 6.45) is 4.41. The van der Waals surface area contributed by atoms with Crippen molar-refractivity contribution in [1.82, 2.24) is 20.2 Å². The molecule has 2 atom stereocenters. The monoisotopic (exact) mass is 561 g/mol. The van der Waals surface area contributed by atoms with E-state index in [0.717, 1.165) is 56.1 Å². The molecule has 3 aromatic carbocycles. The second-order valence-corrected chi connectivity index (χ2v) is 12.5. The summed E-state index contributed by atoms with van der Waals surface area (Å²) in [6, 6.07) is 13.5. The molecular weight excluding hydrogens is 529 g/mol. The first-order chi connectivity index (χ1) is 19.3. The molecule has 0 amide bonds. The van der Waals surface area contributed by atoms with Crippen LogP contribution in [0.4, 0.5) is 10.2 Å². The maximum absolute atomic E-state index is 16.7. The number of ether oxygens (including phenoxy) is 1. The van der Waals surface area contributed by atoms with Crippen LogP contribution in [0.5, 0.6) is 11.8 Å². The summed E-state index contributed by atoms with van der Waals surface area (Å²) >= 11 is 6.85. The third-order valence-corrected chi connectivity index (χ3v) is 8.89. The lowest BCUT2D eigenvalue weighted by atomic mass is 9.96. The number of aromatic nitrogens is 2. The van der Waals surface area contributed by atoms with Gasteiger partial charge < -0.3 is 25.0 Å². The fourth-order valence-corrected chi connectivity index (χ4v) is 6.89. The molecule has 7 rings (SSSR count). The number of piperazine rings is 1. The number of phenols is 1. The molecule has 3 fully saturated rings. The molecule has 40 heavy (non-hydrogen) atoms. The van der Waals surface area contributed by atoms with Gasteiger partial charge >= 0.3 is 6.01 Å². The Kier molecular flexibility index (Phi) is 6.25. The van der Waals surface area contributed by atoms with Crippen molar-refractivity contribution < 1.29 is 14.2 Å². The lowest BCUT2D eigenvalue weighted by Crippen LogP contribution is -2.51. The Balaban J connectivity index is 1.38. The fraction of sp³-hybridized carbons (Fsp3) is 0.419. The van der Waals surface area contributed by atoms with E-state index in [2.05, 4.69) is 34.2 Å². The minimum absolute atomic E-state index is 0.0450. The van der Waals surface area contributed by atoms with Gasteiger partial charge in [0.15, 0.2) is 5.82 Å². The number of nitrogens with zero attached hydrogens (tertiary/aromatic N) is 4. The largest absolute Gasteiger partial charge is 0.508 e. The smallest absolute Gasteiger partial charge is 0.319 e. The van der Waals surface area contributed by atoms with Crippen LogP contribution in [0.2, 0.25) is 5.02 Å². The summed E-state index contributed by atoms with van der Waals surface area (Å²) in [5.41, 5.74) is 0.991. The summed E-state index contributed by atoms with van der Waals surface area (Å²) in [5.74, 6) is 0.159. The van der Waals surface area contributed by atoms with Gasteiger partial charge in [-0.25, -0.2) is 4.39 Å². The third-order valence-electron chi connectivity index (χ3n) is 8.59. The zero-order valence-corrected chi connectivity index (χ0v) is 23.5. The maximum Gasteiger partial charge on any atom is 0.319 e. The van der Waals surface area contributed by atoms with Crippen molar-refractivity contribution in [3.05, 3.63) is 53.3 Å². The van der Waals surface area contributed by atoms with Crippen molar-refractivity contribution in [3.63, 3.8) is 0 Å². The Morgan fingerprint density at radius 1 is 1.10 bits per heavy atom. The molecule has 1 saturated carbocycles.